The molecule has 7 nitrogen and oxygen atoms in total. The zero-order valence-corrected chi connectivity index (χ0v) is 20.2. The van der Waals surface area contributed by atoms with Crippen LogP contribution in [0.1, 0.15) is 43.4 Å². The van der Waals surface area contributed by atoms with Crippen molar-refractivity contribution < 1.29 is 27.2 Å². The lowest BCUT2D eigenvalue weighted by molar-refractivity contribution is -0.169. The van der Waals surface area contributed by atoms with Crippen LogP contribution in [0.25, 0.3) is 11.4 Å². The first-order valence-corrected chi connectivity index (χ1v) is 11.5. The highest BCUT2D eigenvalue weighted by atomic mass is 19.3. The van der Waals surface area contributed by atoms with Crippen LogP contribution in [0.3, 0.4) is 0 Å². The third-order valence-electron chi connectivity index (χ3n) is 6.35. The maximum Gasteiger partial charge on any atom is 0.282 e. The van der Waals surface area contributed by atoms with E-state index in [2.05, 4.69) is 10.3 Å². The van der Waals surface area contributed by atoms with Crippen LogP contribution in [0.2, 0.25) is 0 Å². The number of benzene rings is 1. The zero-order chi connectivity index (χ0) is 25.7. The molecule has 1 fully saturated rings. The summed E-state index contributed by atoms with van der Waals surface area (Å²) < 4.78 is 56.0. The van der Waals surface area contributed by atoms with Crippen molar-refractivity contribution in [2.75, 3.05) is 26.7 Å². The molecule has 0 bridgehead atoms. The molecule has 1 N–H and O–H groups in total. The summed E-state index contributed by atoms with van der Waals surface area (Å²) in [6, 6.07) is 2.38. The molecule has 0 aliphatic carbocycles. The number of rotatable bonds is 4. The summed E-state index contributed by atoms with van der Waals surface area (Å²) in [7, 11) is 1.90. The van der Waals surface area contributed by atoms with Gasteiger partial charge in [0.1, 0.15) is 11.9 Å². The molecule has 0 radical (unpaired) electrons. The SMILES string of the molecule is CN1CCCn2c(-c3ccc(F)c(F)c3)nc(C(=O)NC(C(=O)N3CC(F)(F)C3)C(C)(C)C)c2C1. The van der Waals surface area contributed by atoms with Gasteiger partial charge in [0.2, 0.25) is 5.91 Å². The maximum atomic E-state index is 14.0. The molecular weight excluding hydrogens is 466 g/mol. The van der Waals surface area contributed by atoms with Gasteiger partial charge in [-0.05, 0) is 43.6 Å². The van der Waals surface area contributed by atoms with Gasteiger partial charge >= 0.3 is 0 Å². The van der Waals surface area contributed by atoms with Crippen molar-refractivity contribution in [3.8, 4) is 11.4 Å². The number of fused-ring (bicyclic) bond motifs is 1. The van der Waals surface area contributed by atoms with Gasteiger partial charge in [-0.3, -0.25) is 9.59 Å². The first-order chi connectivity index (χ1) is 16.3. The Morgan fingerprint density at radius 2 is 1.80 bits per heavy atom. The summed E-state index contributed by atoms with van der Waals surface area (Å²) in [6.07, 6.45) is 0.754. The van der Waals surface area contributed by atoms with Gasteiger partial charge in [-0.15, -0.1) is 0 Å². The number of aromatic nitrogens is 2. The fourth-order valence-electron chi connectivity index (χ4n) is 4.46. The summed E-state index contributed by atoms with van der Waals surface area (Å²) in [4.78, 5) is 34.0. The van der Waals surface area contributed by atoms with Gasteiger partial charge in [-0.1, -0.05) is 20.8 Å². The average molecular weight is 496 g/mol. The summed E-state index contributed by atoms with van der Waals surface area (Å²) in [5, 5.41) is 2.72. The van der Waals surface area contributed by atoms with E-state index in [0.29, 0.717) is 30.2 Å². The molecule has 11 heteroatoms. The van der Waals surface area contributed by atoms with E-state index in [1.165, 1.54) is 6.07 Å². The summed E-state index contributed by atoms with van der Waals surface area (Å²) in [6.45, 7) is 5.50. The minimum absolute atomic E-state index is 0.0643. The standard InChI is InChI=1S/C24H29F4N5O2/c1-23(2,3)19(22(35)32-12-24(27,28)13-32)30-21(34)18-17-11-31(4)8-5-9-33(17)20(29-18)14-6-7-15(25)16(26)10-14/h6-7,10,19H,5,8-9,11-13H2,1-4H3,(H,30,34). The lowest BCUT2D eigenvalue weighted by Crippen LogP contribution is -2.64. The fraction of sp³-hybridized carbons (Fsp3) is 0.542. The highest BCUT2D eigenvalue weighted by molar-refractivity contribution is 5.98. The maximum absolute atomic E-state index is 14.0. The van der Waals surface area contributed by atoms with Gasteiger partial charge in [0.05, 0.1) is 18.8 Å². The van der Waals surface area contributed by atoms with E-state index in [-0.39, 0.29) is 5.69 Å². The van der Waals surface area contributed by atoms with Crippen molar-refractivity contribution in [3.63, 3.8) is 0 Å². The van der Waals surface area contributed by atoms with Crippen molar-refractivity contribution >= 4 is 11.8 Å². The second-order valence-electron chi connectivity index (χ2n) is 10.4. The number of halogens is 4. The Kier molecular flexibility index (Phi) is 6.41. The van der Waals surface area contributed by atoms with E-state index in [1.54, 1.807) is 20.8 Å². The molecule has 0 saturated carbocycles. The number of alkyl halides is 2. The molecule has 1 saturated heterocycles. The Morgan fingerprint density at radius 1 is 1.11 bits per heavy atom. The number of nitrogens with zero attached hydrogens (tertiary/aromatic N) is 4. The van der Waals surface area contributed by atoms with Gasteiger partial charge < -0.3 is 19.7 Å². The summed E-state index contributed by atoms with van der Waals surface area (Å²) >= 11 is 0. The Balaban J connectivity index is 1.69. The zero-order valence-electron chi connectivity index (χ0n) is 20.2. The number of hydrogen-bond donors (Lipinski definition) is 1. The van der Waals surface area contributed by atoms with Gasteiger partial charge in [-0.2, -0.15) is 0 Å². The molecule has 1 aromatic heterocycles. The van der Waals surface area contributed by atoms with Crippen molar-refractivity contribution in [3.05, 3.63) is 41.2 Å². The number of carbonyl (C=O) groups is 2. The molecule has 1 aromatic carbocycles. The first kappa shape index (κ1) is 25.2. The van der Waals surface area contributed by atoms with Crippen LogP contribution in [-0.4, -0.2) is 69.8 Å². The lowest BCUT2D eigenvalue weighted by atomic mass is 9.85. The normalized spacial score (nSPS) is 18.9. The van der Waals surface area contributed by atoms with Gasteiger partial charge in [0.25, 0.3) is 11.8 Å². The van der Waals surface area contributed by atoms with Crippen LogP contribution in [0.4, 0.5) is 17.6 Å². The van der Waals surface area contributed by atoms with Crippen molar-refractivity contribution in [2.45, 2.75) is 52.2 Å². The highest BCUT2D eigenvalue weighted by Crippen LogP contribution is 2.31. The third kappa shape index (κ3) is 5.05. The molecule has 0 spiro atoms. The average Bonchev–Trinajstić information content (AvgIpc) is 2.97. The fourth-order valence-corrected chi connectivity index (χ4v) is 4.46. The minimum atomic E-state index is -2.92. The Bertz CT molecular complexity index is 1150. The van der Waals surface area contributed by atoms with Crippen LogP contribution in [0, 0.1) is 17.0 Å². The number of amides is 2. The van der Waals surface area contributed by atoms with E-state index < -0.39 is 53.9 Å². The largest absolute Gasteiger partial charge is 0.338 e. The van der Waals surface area contributed by atoms with Gasteiger partial charge in [-0.25, -0.2) is 22.5 Å². The molecule has 3 heterocycles. The Morgan fingerprint density at radius 3 is 2.40 bits per heavy atom. The van der Waals surface area contributed by atoms with Crippen molar-refractivity contribution in [1.29, 1.82) is 0 Å². The summed E-state index contributed by atoms with van der Waals surface area (Å²) in [5.41, 5.74) is 0.209. The first-order valence-electron chi connectivity index (χ1n) is 11.5. The van der Waals surface area contributed by atoms with Crippen molar-refractivity contribution in [2.24, 2.45) is 5.41 Å². The number of nitrogens with one attached hydrogen (secondary N) is 1. The Hall–Kier alpha value is -2.95. The van der Waals surface area contributed by atoms with E-state index >= 15 is 0 Å². The molecule has 35 heavy (non-hydrogen) atoms. The number of likely N-dealkylation sites (tertiary alicyclic amines) is 1. The number of hydrogen-bond acceptors (Lipinski definition) is 4. The smallest absolute Gasteiger partial charge is 0.282 e. The quantitative estimate of drug-likeness (QED) is 0.661. The topological polar surface area (TPSA) is 70.5 Å². The van der Waals surface area contributed by atoms with Crippen LogP contribution in [0.5, 0.6) is 0 Å². The third-order valence-corrected chi connectivity index (χ3v) is 6.35. The second kappa shape index (κ2) is 8.92. The van der Waals surface area contributed by atoms with Crippen LogP contribution >= 0.6 is 0 Å². The Labute approximate surface area is 201 Å². The van der Waals surface area contributed by atoms with Crippen molar-refractivity contribution in [1.82, 2.24) is 24.7 Å². The van der Waals surface area contributed by atoms with Crippen LogP contribution in [-0.2, 0) is 17.9 Å². The number of carbonyl (C=O) groups excluding carboxylic acids is 2. The molecule has 1 unspecified atom stereocenters. The molecule has 2 amide bonds. The van der Waals surface area contributed by atoms with Gasteiger partial charge in [0, 0.05) is 18.7 Å². The van der Waals surface area contributed by atoms with E-state index in [9.17, 15) is 27.2 Å². The van der Waals surface area contributed by atoms with Gasteiger partial charge in [0.15, 0.2) is 17.3 Å². The number of imidazole rings is 1. The predicted molar refractivity (Wildman–Crippen MR) is 121 cm³/mol. The summed E-state index contributed by atoms with van der Waals surface area (Å²) in [5.74, 6) is -5.83. The molecule has 2 aromatic rings. The predicted octanol–water partition coefficient (Wildman–Crippen LogP) is 3.29. The monoisotopic (exact) mass is 495 g/mol. The second-order valence-corrected chi connectivity index (χ2v) is 10.4. The van der Waals surface area contributed by atoms with E-state index in [0.717, 1.165) is 30.0 Å². The van der Waals surface area contributed by atoms with Crippen LogP contribution in [0.15, 0.2) is 18.2 Å². The molecule has 1 atom stereocenters. The van der Waals surface area contributed by atoms with E-state index in [4.69, 9.17) is 0 Å². The molecule has 4 rings (SSSR count). The molecular formula is C24H29F4N5O2. The van der Waals surface area contributed by atoms with Crippen LogP contribution < -0.4 is 5.32 Å². The molecule has 2 aliphatic rings. The molecule has 190 valence electrons. The molecule has 2 aliphatic heterocycles. The lowest BCUT2D eigenvalue weighted by Gasteiger charge is -2.43. The highest BCUT2D eigenvalue weighted by Gasteiger charge is 2.49. The van der Waals surface area contributed by atoms with E-state index in [1.807, 2.05) is 16.5 Å². The minimum Gasteiger partial charge on any atom is -0.338 e.